The lowest BCUT2D eigenvalue weighted by Crippen LogP contribution is -2.33. The van der Waals surface area contributed by atoms with Crippen LogP contribution in [0.25, 0.3) is 0 Å². The number of nitrogens with one attached hydrogen (secondary N) is 1. The second-order valence-electron chi connectivity index (χ2n) is 4.49. The molecular weight excluding hydrogens is 216 g/mol. The van der Waals surface area contributed by atoms with Crippen LogP contribution in [-0.2, 0) is 0 Å². The highest BCUT2D eigenvalue weighted by atomic mass is 16.5. The minimum atomic E-state index is -0.00379. The molecule has 2 rings (SSSR count). The molecule has 1 N–H and O–H groups in total. The maximum atomic E-state index is 11.8. The molecule has 0 radical (unpaired) electrons. The van der Waals surface area contributed by atoms with Crippen LogP contribution in [0.2, 0.25) is 0 Å². The number of ether oxygens (including phenoxy) is 1. The zero-order valence-electron chi connectivity index (χ0n) is 10.4. The van der Waals surface area contributed by atoms with Crippen LogP contribution in [0.15, 0.2) is 24.3 Å². The Kier molecular flexibility index (Phi) is 3.22. The number of hydrogen-bond donors (Lipinski definition) is 1. The Morgan fingerprint density at radius 1 is 1.41 bits per heavy atom. The van der Waals surface area contributed by atoms with Crippen molar-refractivity contribution in [1.82, 2.24) is 10.2 Å². The average Bonchev–Trinajstić information content (AvgIpc) is 2.71. The number of rotatable bonds is 3. The fraction of sp³-hybridized carbons (Fsp3) is 0.462. The molecule has 1 saturated heterocycles. The highest BCUT2D eigenvalue weighted by Gasteiger charge is 2.32. The summed E-state index contributed by atoms with van der Waals surface area (Å²) in [7, 11) is 1.65. The summed E-state index contributed by atoms with van der Waals surface area (Å²) in [4.78, 5) is 13.6. The minimum Gasteiger partial charge on any atom is -0.496 e. The molecule has 1 aliphatic heterocycles. The van der Waals surface area contributed by atoms with Gasteiger partial charge in [-0.25, -0.2) is 4.79 Å². The molecule has 1 aliphatic rings. The molecule has 0 spiro atoms. The van der Waals surface area contributed by atoms with E-state index in [-0.39, 0.29) is 18.1 Å². The fourth-order valence-corrected chi connectivity index (χ4v) is 2.13. The average molecular weight is 234 g/mol. The Hall–Kier alpha value is -1.71. The maximum absolute atomic E-state index is 11.8. The number of urea groups is 1. The summed E-state index contributed by atoms with van der Waals surface area (Å²) < 4.78 is 5.32. The van der Waals surface area contributed by atoms with Gasteiger partial charge in [0, 0.05) is 18.2 Å². The number of para-hydroxylation sites is 1. The first-order chi connectivity index (χ1) is 8.13. The predicted molar refractivity (Wildman–Crippen MR) is 66.1 cm³/mol. The zero-order valence-corrected chi connectivity index (χ0v) is 10.4. The van der Waals surface area contributed by atoms with Gasteiger partial charge in [0.1, 0.15) is 5.75 Å². The summed E-state index contributed by atoms with van der Waals surface area (Å²) in [6.45, 7) is 4.73. The minimum absolute atomic E-state index is 0.00379. The number of nitrogens with zero attached hydrogens (tertiary/aromatic N) is 1. The molecule has 0 aliphatic carbocycles. The lowest BCUT2D eigenvalue weighted by Gasteiger charge is -2.19. The summed E-state index contributed by atoms with van der Waals surface area (Å²) >= 11 is 0. The number of amides is 2. The molecule has 1 unspecified atom stereocenters. The van der Waals surface area contributed by atoms with E-state index in [1.807, 2.05) is 43.0 Å². The molecule has 92 valence electrons. The first-order valence-electron chi connectivity index (χ1n) is 5.83. The molecule has 1 atom stereocenters. The highest BCUT2D eigenvalue weighted by molar-refractivity contribution is 5.77. The van der Waals surface area contributed by atoms with Gasteiger partial charge in [0.15, 0.2) is 0 Å². The highest BCUT2D eigenvalue weighted by Crippen LogP contribution is 2.28. The molecule has 1 aromatic carbocycles. The Labute approximate surface area is 102 Å². The third-order valence-corrected chi connectivity index (χ3v) is 3.08. The van der Waals surface area contributed by atoms with Crippen LogP contribution in [0.5, 0.6) is 5.75 Å². The Morgan fingerprint density at radius 2 is 2.12 bits per heavy atom. The van der Waals surface area contributed by atoms with E-state index in [0.29, 0.717) is 6.54 Å². The molecule has 2 amide bonds. The second-order valence-corrected chi connectivity index (χ2v) is 4.49. The lowest BCUT2D eigenvalue weighted by molar-refractivity contribution is 0.206. The summed E-state index contributed by atoms with van der Waals surface area (Å²) in [5.74, 6) is 0.823. The van der Waals surface area contributed by atoms with Crippen LogP contribution in [0.3, 0.4) is 0 Å². The standard InChI is InChI=1S/C13H18N2O2/c1-9(2)15-8-11(14-13(15)16)10-6-4-5-7-12(10)17-3/h4-7,9,11H,8H2,1-3H3,(H,14,16). The molecule has 1 aromatic rings. The van der Waals surface area contributed by atoms with Crippen LogP contribution in [-0.4, -0.2) is 30.6 Å². The fourth-order valence-electron chi connectivity index (χ4n) is 2.13. The van der Waals surface area contributed by atoms with Gasteiger partial charge in [-0.2, -0.15) is 0 Å². The van der Waals surface area contributed by atoms with E-state index in [4.69, 9.17) is 4.74 Å². The van der Waals surface area contributed by atoms with E-state index >= 15 is 0 Å². The van der Waals surface area contributed by atoms with Crippen molar-refractivity contribution in [2.24, 2.45) is 0 Å². The van der Waals surface area contributed by atoms with E-state index in [9.17, 15) is 4.79 Å². The van der Waals surface area contributed by atoms with Gasteiger partial charge in [-0.1, -0.05) is 18.2 Å². The smallest absolute Gasteiger partial charge is 0.318 e. The molecule has 17 heavy (non-hydrogen) atoms. The van der Waals surface area contributed by atoms with Crippen molar-refractivity contribution in [3.05, 3.63) is 29.8 Å². The number of carbonyl (C=O) groups excluding carboxylic acids is 1. The Balaban J connectivity index is 2.22. The SMILES string of the molecule is COc1ccccc1C1CN(C(C)C)C(=O)N1. The normalized spacial score (nSPS) is 19.6. The number of hydrogen-bond acceptors (Lipinski definition) is 2. The molecule has 4 heteroatoms. The summed E-state index contributed by atoms with van der Waals surface area (Å²) in [5.41, 5.74) is 1.03. The molecule has 0 saturated carbocycles. The van der Waals surface area contributed by atoms with Crippen LogP contribution >= 0.6 is 0 Å². The molecule has 1 heterocycles. The van der Waals surface area contributed by atoms with E-state index in [1.54, 1.807) is 7.11 Å². The van der Waals surface area contributed by atoms with Crippen LogP contribution in [0.1, 0.15) is 25.5 Å². The van der Waals surface area contributed by atoms with E-state index in [1.165, 1.54) is 0 Å². The number of carbonyl (C=O) groups is 1. The second kappa shape index (κ2) is 4.65. The van der Waals surface area contributed by atoms with Crippen molar-refractivity contribution in [3.63, 3.8) is 0 Å². The van der Waals surface area contributed by atoms with Crippen molar-refractivity contribution < 1.29 is 9.53 Å². The molecular formula is C13H18N2O2. The van der Waals surface area contributed by atoms with E-state index in [2.05, 4.69) is 5.32 Å². The summed E-state index contributed by atoms with van der Waals surface area (Å²) in [6.07, 6.45) is 0. The predicted octanol–water partition coefficient (Wildman–Crippen LogP) is 2.17. The van der Waals surface area contributed by atoms with Crippen LogP contribution in [0.4, 0.5) is 4.79 Å². The third-order valence-electron chi connectivity index (χ3n) is 3.08. The molecule has 1 fully saturated rings. The quantitative estimate of drug-likeness (QED) is 0.870. The van der Waals surface area contributed by atoms with E-state index in [0.717, 1.165) is 11.3 Å². The largest absolute Gasteiger partial charge is 0.496 e. The first-order valence-corrected chi connectivity index (χ1v) is 5.83. The lowest BCUT2D eigenvalue weighted by atomic mass is 10.1. The maximum Gasteiger partial charge on any atom is 0.318 e. The van der Waals surface area contributed by atoms with Gasteiger partial charge in [-0.15, -0.1) is 0 Å². The van der Waals surface area contributed by atoms with Gasteiger partial charge in [0.25, 0.3) is 0 Å². The van der Waals surface area contributed by atoms with Crippen molar-refractivity contribution in [2.45, 2.75) is 25.9 Å². The summed E-state index contributed by atoms with van der Waals surface area (Å²) in [6, 6.07) is 8.03. The monoisotopic (exact) mass is 234 g/mol. The Morgan fingerprint density at radius 3 is 2.71 bits per heavy atom. The van der Waals surface area contributed by atoms with Gasteiger partial charge in [-0.05, 0) is 19.9 Å². The van der Waals surface area contributed by atoms with E-state index < -0.39 is 0 Å². The van der Waals surface area contributed by atoms with Gasteiger partial charge in [0.2, 0.25) is 0 Å². The van der Waals surface area contributed by atoms with Crippen molar-refractivity contribution >= 4 is 6.03 Å². The van der Waals surface area contributed by atoms with Crippen molar-refractivity contribution in [3.8, 4) is 5.75 Å². The topological polar surface area (TPSA) is 41.6 Å². The third kappa shape index (κ3) is 2.20. The zero-order chi connectivity index (χ0) is 12.4. The van der Waals surface area contributed by atoms with Gasteiger partial charge in [-0.3, -0.25) is 0 Å². The molecule has 0 aromatic heterocycles. The van der Waals surface area contributed by atoms with Gasteiger partial charge < -0.3 is 15.0 Å². The number of methoxy groups -OCH3 is 1. The van der Waals surface area contributed by atoms with Gasteiger partial charge in [0.05, 0.1) is 13.2 Å². The van der Waals surface area contributed by atoms with Crippen molar-refractivity contribution in [1.29, 1.82) is 0 Å². The van der Waals surface area contributed by atoms with Gasteiger partial charge >= 0.3 is 6.03 Å². The summed E-state index contributed by atoms with van der Waals surface area (Å²) in [5, 5.41) is 2.98. The first kappa shape index (κ1) is 11.8. The molecule has 4 nitrogen and oxygen atoms in total. The van der Waals surface area contributed by atoms with Crippen molar-refractivity contribution in [2.75, 3.05) is 13.7 Å². The van der Waals surface area contributed by atoms with Crippen LogP contribution < -0.4 is 10.1 Å². The molecule has 0 bridgehead atoms. The number of benzene rings is 1. The Bertz CT molecular complexity index is 418. The van der Waals surface area contributed by atoms with Crippen LogP contribution in [0, 0.1) is 0 Å².